The maximum Gasteiger partial charge on any atom is 0.221 e. The normalized spacial score (nSPS) is 10.3. The van der Waals surface area contributed by atoms with Gasteiger partial charge in [-0.1, -0.05) is 24.3 Å². The van der Waals surface area contributed by atoms with Crippen molar-refractivity contribution in [1.82, 2.24) is 9.97 Å². The lowest BCUT2D eigenvalue weighted by Gasteiger charge is -2.11. The molecule has 0 aliphatic heterocycles. The molecule has 0 aliphatic rings. The Hall–Kier alpha value is -1.81. The van der Waals surface area contributed by atoms with Gasteiger partial charge in [-0.05, 0) is 25.0 Å². The van der Waals surface area contributed by atoms with E-state index in [1.807, 2.05) is 26.0 Å². The summed E-state index contributed by atoms with van der Waals surface area (Å²) in [5.41, 5.74) is 3.22. The number of nitrogens with one attached hydrogen (secondary N) is 1. The summed E-state index contributed by atoms with van der Waals surface area (Å²) >= 11 is 5.77. The van der Waals surface area contributed by atoms with Crippen LogP contribution in [-0.4, -0.2) is 16.6 Å². The van der Waals surface area contributed by atoms with Gasteiger partial charge in [-0.25, -0.2) is 9.97 Å². The monoisotopic (exact) mass is 291 g/mol. The number of hydrogen-bond acceptors (Lipinski definition) is 4. The molecule has 0 saturated carbocycles. The summed E-state index contributed by atoms with van der Waals surface area (Å²) in [5, 5.41) is 3.30. The van der Waals surface area contributed by atoms with Gasteiger partial charge in [0.15, 0.2) is 0 Å². The average molecular weight is 292 g/mol. The van der Waals surface area contributed by atoms with Crippen LogP contribution in [0.15, 0.2) is 30.6 Å². The Morgan fingerprint density at radius 3 is 2.50 bits per heavy atom. The summed E-state index contributed by atoms with van der Waals surface area (Å²) in [6.45, 7) is 5.18. The Morgan fingerprint density at radius 2 is 1.85 bits per heavy atom. The first-order chi connectivity index (χ1) is 9.74. The van der Waals surface area contributed by atoms with Crippen molar-refractivity contribution in [1.29, 1.82) is 0 Å². The van der Waals surface area contributed by atoms with Crippen LogP contribution in [0.5, 0.6) is 5.88 Å². The maximum atomic E-state index is 5.77. The molecule has 106 valence electrons. The molecule has 0 spiro atoms. The van der Waals surface area contributed by atoms with Crippen molar-refractivity contribution in [2.45, 2.75) is 26.3 Å². The van der Waals surface area contributed by atoms with Crippen molar-refractivity contribution in [3.05, 3.63) is 47.3 Å². The molecule has 0 radical (unpaired) electrons. The van der Waals surface area contributed by atoms with Crippen LogP contribution in [0.1, 0.15) is 23.6 Å². The van der Waals surface area contributed by atoms with Crippen LogP contribution in [0.3, 0.4) is 0 Å². The molecule has 1 N–H and O–H groups in total. The van der Waals surface area contributed by atoms with Crippen molar-refractivity contribution in [2.24, 2.45) is 0 Å². The van der Waals surface area contributed by atoms with Gasteiger partial charge in [0.2, 0.25) is 5.88 Å². The van der Waals surface area contributed by atoms with E-state index in [0.717, 1.165) is 16.9 Å². The van der Waals surface area contributed by atoms with Gasteiger partial charge >= 0.3 is 0 Å². The highest BCUT2D eigenvalue weighted by atomic mass is 35.5. The largest absolute Gasteiger partial charge is 0.478 e. The van der Waals surface area contributed by atoms with E-state index in [1.54, 1.807) is 0 Å². The number of anilines is 1. The molecule has 1 aromatic heterocycles. The fourth-order valence-electron chi connectivity index (χ4n) is 1.83. The van der Waals surface area contributed by atoms with E-state index in [2.05, 4.69) is 27.4 Å². The summed E-state index contributed by atoms with van der Waals surface area (Å²) in [5.74, 6) is 1.96. The third-order valence-corrected chi connectivity index (χ3v) is 3.26. The molecular weight excluding hydrogens is 274 g/mol. The topological polar surface area (TPSA) is 47.0 Å². The van der Waals surface area contributed by atoms with E-state index in [9.17, 15) is 0 Å². The lowest BCUT2D eigenvalue weighted by Crippen LogP contribution is -2.06. The minimum atomic E-state index is 0.538. The molecular formula is C15H18ClN3O. The Labute approximate surface area is 124 Å². The Bertz CT molecular complexity index is 558. The number of hydrogen-bond donors (Lipinski definition) is 1. The molecule has 1 aromatic carbocycles. The Balaban J connectivity index is 2.04. The highest BCUT2D eigenvalue weighted by Gasteiger charge is 2.07. The van der Waals surface area contributed by atoms with Gasteiger partial charge in [0.05, 0.1) is 12.2 Å². The van der Waals surface area contributed by atoms with Crippen molar-refractivity contribution >= 4 is 17.4 Å². The molecule has 2 aromatic rings. The van der Waals surface area contributed by atoms with Crippen molar-refractivity contribution in [2.75, 3.05) is 11.9 Å². The highest BCUT2D eigenvalue weighted by molar-refractivity contribution is 6.17. The van der Waals surface area contributed by atoms with E-state index in [4.69, 9.17) is 16.3 Å². The van der Waals surface area contributed by atoms with Gasteiger partial charge in [0.25, 0.3) is 0 Å². The number of ether oxygens (including phenoxy) is 1. The second-order valence-electron chi connectivity index (χ2n) is 4.39. The smallest absolute Gasteiger partial charge is 0.221 e. The number of alkyl halides is 1. The van der Waals surface area contributed by atoms with Crippen LogP contribution >= 0.6 is 11.6 Å². The maximum absolute atomic E-state index is 5.77. The lowest BCUT2D eigenvalue weighted by atomic mass is 10.1. The third-order valence-electron chi connectivity index (χ3n) is 2.96. The standard InChI is InChI=1S/C15H18ClN3O/c1-3-20-15-11(2)14(18-10-19-15)17-9-13-6-4-12(8-16)5-7-13/h4-7,10H,3,8-9H2,1-2H3,(H,17,18,19). The molecule has 0 saturated heterocycles. The van der Waals surface area contributed by atoms with Crippen molar-refractivity contribution in [3.8, 4) is 5.88 Å². The molecule has 0 atom stereocenters. The molecule has 0 aliphatic carbocycles. The first kappa shape index (κ1) is 14.6. The summed E-state index contributed by atoms with van der Waals surface area (Å²) < 4.78 is 5.45. The second kappa shape index (κ2) is 7.10. The Morgan fingerprint density at radius 1 is 1.15 bits per heavy atom. The van der Waals surface area contributed by atoms with Crippen molar-refractivity contribution in [3.63, 3.8) is 0 Å². The quantitative estimate of drug-likeness (QED) is 0.827. The fraction of sp³-hybridized carbons (Fsp3) is 0.333. The zero-order chi connectivity index (χ0) is 14.4. The average Bonchev–Trinajstić information content (AvgIpc) is 2.49. The molecule has 2 rings (SSSR count). The van der Waals surface area contributed by atoms with Crippen LogP contribution in [0.25, 0.3) is 0 Å². The van der Waals surface area contributed by atoms with Gasteiger partial charge in [0, 0.05) is 12.4 Å². The van der Waals surface area contributed by atoms with Crippen LogP contribution in [0.4, 0.5) is 5.82 Å². The van der Waals surface area contributed by atoms with Crippen LogP contribution in [0, 0.1) is 6.92 Å². The summed E-state index contributed by atoms with van der Waals surface area (Å²) in [7, 11) is 0. The van der Waals surface area contributed by atoms with E-state index in [1.165, 1.54) is 11.9 Å². The molecule has 20 heavy (non-hydrogen) atoms. The zero-order valence-electron chi connectivity index (χ0n) is 11.7. The Kier molecular flexibility index (Phi) is 5.18. The summed E-state index contributed by atoms with van der Waals surface area (Å²) in [6.07, 6.45) is 1.51. The number of benzene rings is 1. The molecule has 0 bridgehead atoms. The minimum Gasteiger partial charge on any atom is -0.478 e. The van der Waals surface area contributed by atoms with Crippen LogP contribution in [0.2, 0.25) is 0 Å². The predicted octanol–water partition coefficient (Wildman–Crippen LogP) is 3.53. The van der Waals surface area contributed by atoms with Gasteiger partial charge in [-0.15, -0.1) is 11.6 Å². The van der Waals surface area contributed by atoms with E-state index in [-0.39, 0.29) is 0 Å². The number of rotatable bonds is 6. The van der Waals surface area contributed by atoms with Gasteiger partial charge < -0.3 is 10.1 Å². The second-order valence-corrected chi connectivity index (χ2v) is 4.66. The fourth-order valence-corrected chi connectivity index (χ4v) is 2.00. The van der Waals surface area contributed by atoms with E-state index >= 15 is 0 Å². The molecule has 4 nitrogen and oxygen atoms in total. The van der Waals surface area contributed by atoms with Crippen LogP contribution < -0.4 is 10.1 Å². The first-order valence-corrected chi connectivity index (χ1v) is 7.10. The summed E-state index contributed by atoms with van der Waals surface area (Å²) in [6, 6.07) is 8.18. The SMILES string of the molecule is CCOc1ncnc(NCc2ccc(CCl)cc2)c1C. The highest BCUT2D eigenvalue weighted by Crippen LogP contribution is 2.20. The molecule has 5 heteroatoms. The van der Waals surface area contributed by atoms with E-state index < -0.39 is 0 Å². The zero-order valence-corrected chi connectivity index (χ0v) is 12.4. The van der Waals surface area contributed by atoms with Crippen LogP contribution in [-0.2, 0) is 12.4 Å². The minimum absolute atomic E-state index is 0.538. The van der Waals surface area contributed by atoms with Gasteiger partial charge in [-0.3, -0.25) is 0 Å². The molecule has 1 heterocycles. The third kappa shape index (κ3) is 3.61. The van der Waals surface area contributed by atoms with Gasteiger partial charge in [-0.2, -0.15) is 0 Å². The first-order valence-electron chi connectivity index (χ1n) is 6.56. The van der Waals surface area contributed by atoms with Crippen molar-refractivity contribution < 1.29 is 4.74 Å². The molecule has 0 amide bonds. The van der Waals surface area contributed by atoms with Gasteiger partial charge in [0.1, 0.15) is 12.1 Å². The summed E-state index contributed by atoms with van der Waals surface area (Å²) in [4.78, 5) is 8.36. The lowest BCUT2D eigenvalue weighted by molar-refractivity contribution is 0.324. The predicted molar refractivity (Wildman–Crippen MR) is 81.3 cm³/mol. The number of aromatic nitrogens is 2. The molecule has 0 unspecified atom stereocenters. The number of halogens is 1. The molecule has 0 fully saturated rings. The number of nitrogens with zero attached hydrogens (tertiary/aromatic N) is 2. The van der Waals surface area contributed by atoms with E-state index in [0.29, 0.717) is 24.9 Å².